The van der Waals surface area contributed by atoms with Gasteiger partial charge in [-0.3, -0.25) is 0 Å². The summed E-state index contributed by atoms with van der Waals surface area (Å²) in [5.41, 5.74) is 6.09. The molecular formula is C12H24N2O2. The van der Waals surface area contributed by atoms with E-state index in [2.05, 4.69) is 11.8 Å². The summed E-state index contributed by atoms with van der Waals surface area (Å²) < 4.78 is 5.47. The summed E-state index contributed by atoms with van der Waals surface area (Å²) in [7, 11) is 0. The van der Waals surface area contributed by atoms with Crippen molar-refractivity contribution in [1.29, 1.82) is 0 Å². The molecule has 0 radical (unpaired) electrons. The highest BCUT2D eigenvalue weighted by molar-refractivity contribution is 4.83. The molecule has 0 aliphatic carbocycles. The molecule has 0 aromatic heterocycles. The van der Waals surface area contributed by atoms with Gasteiger partial charge in [0.15, 0.2) is 0 Å². The zero-order chi connectivity index (χ0) is 11.5. The van der Waals surface area contributed by atoms with Crippen LogP contribution in [0.3, 0.4) is 0 Å². The van der Waals surface area contributed by atoms with Gasteiger partial charge in [0.2, 0.25) is 0 Å². The van der Waals surface area contributed by atoms with Crippen molar-refractivity contribution in [2.45, 2.75) is 31.9 Å². The Hall–Kier alpha value is -0.160. The molecule has 0 aromatic rings. The van der Waals surface area contributed by atoms with Crippen molar-refractivity contribution in [2.24, 2.45) is 17.6 Å². The molecule has 3 N–H and O–H groups in total. The zero-order valence-corrected chi connectivity index (χ0v) is 10.1. The lowest BCUT2D eigenvalue weighted by molar-refractivity contribution is -0.00790. The van der Waals surface area contributed by atoms with Gasteiger partial charge in [0.05, 0.1) is 12.7 Å². The van der Waals surface area contributed by atoms with Crippen LogP contribution in [0.4, 0.5) is 0 Å². The number of piperidine rings is 1. The molecule has 4 atom stereocenters. The number of hydrogen-bond acceptors (Lipinski definition) is 4. The Balaban J connectivity index is 1.80. The Kier molecular flexibility index (Phi) is 4.19. The Morgan fingerprint density at radius 2 is 2.25 bits per heavy atom. The van der Waals surface area contributed by atoms with Gasteiger partial charge in [0.1, 0.15) is 0 Å². The van der Waals surface area contributed by atoms with Crippen molar-refractivity contribution in [3.63, 3.8) is 0 Å². The van der Waals surface area contributed by atoms with Gasteiger partial charge in [0.25, 0.3) is 0 Å². The van der Waals surface area contributed by atoms with E-state index in [-0.39, 0.29) is 12.1 Å². The molecule has 2 rings (SSSR count). The fourth-order valence-corrected chi connectivity index (χ4v) is 2.61. The number of β-amino-alcohol motifs (C(OH)–C–C–N with tert-alkyl or cyclic N) is 1. The Bertz CT molecular complexity index is 225. The van der Waals surface area contributed by atoms with Crippen LogP contribution in [0.2, 0.25) is 0 Å². The number of aliphatic hydroxyl groups excluding tert-OH is 1. The van der Waals surface area contributed by atoms with Crippen LogP contribution in [0, 0.1) is 11.8 Å². The fourth-order valence-electron chi connectivity index (χ4n) is 2.61. The van der Waals surface area contributed by atoms with E-state index in [1.54, 1.807) is 0 Å². The molecule has 0 bridgehead atoms. The first-order valence-electron chi connectivity index (χ1n) is 6.40. The number of likely N-dealkylation sites (tertiary alicyclic amines) is 1. The van der Waals surface area contributed by atoms with Crippen LogP contribution < -0.4 is 5.73 Å². The molecule has 4 nitrogen and oxygen atoms in total. The maximum Gasteiger partial charge on any atom is 0.0693 e. The summed E-state index contributed by atoms with van der Waals surface area (Å²) in [6, 6.07) is 0.269. The van der Waals surface area contributed by atoms with Gasteiger partial charge in [-0.25, -0.2) is 0 Å². The van der Waals surface area contributed by atoms with Crippen molar-refractivity contribution in [1.82, 2.24) is 4.90 Å². The molecule has 16 heavy (non-hydrogen) atoms. The lowest BCUT2D eigenvalue weighted by atomic mass is 9.92. The average Bonchev–Trinajstić information content (AvgIpc) is 2.27. The largest absolute Gasteiger partial charge is 0.392 e. The highest BCUT2D eigenvalue weighted by Crippen LogP contribution is 2.20. The van der Waals surface area contributed by atoms with Gasteiger partial charge in [-0.05, 0) is 25.3 Å². The van der Waals surface area contributed by atoms with E-state index in [4.69, 9.17) is 10.5 Å². The van der Waals surface area contributed by atoms with Gasteiger partial charge in [-0.15, -0.1) is 0 Å². The molecule has 2 saturated heterocycles. The minimum atomic E-state index is -0.172. The summed E-state index contributed by atoms with van der Waals surface area (Å²) in [4.78, 5) is 2.34. The highest BCUT2D eigenvalue weighted by Gasteiger charge is 2.29. The summed E-state index contributed by atoms with van der Waals surface area (Å²) >= 11 is 0. The third-order valence-electron chi connectivity index (χ3n) is 4.03. The number of hydrogen-bond donors (Lipinski definition) is 2. The molecule has 0 saturated carbocycles. The van der Waals surface area contributed by atoms with Gasteiger partial charge < -0.3 is 20.5 Å². The summed E-state index contributed by atoms with van der Waals surface area (Å²) in [6.07, 6.45) is 1.89. The SMILES string of the molecule is CC1CCN(CC2COCCC2N)CC1O. The number of aliphatic hydroxyl groups is 1. The van der Waals surface area contributed by atoms with Gasteiger partial charge in [-0.2, -0.15) is 0 Å². The van der Waals surface area contributed by atoms with E-state index in [0.717, 1.165) is 45.7 Å². The van der Waals surface area contributed by atoms with Crippen LogP contribution in [0.1, 0.15) is 19.8 Å². The molecule has 2 fully saturated rings. The lowest BCUT2D eigenvalue weighted by Gasteiger charge is -2.38. The van der Waals surface area contributed by atoms with Crippen LogP contribution in [-0.2, 0) is 4.74 Å². The van der Waals surface area contributed by atoms with E-state index in [1.807, 2.05) is 0 Å². The van der Waals surface area contributed by atoms with E-state index in [0.29, 0.717) is 11.8 Å². The highest BCUT2D eigenvalue weighted by atomic mass is 16.5. The molecule has 4 unspecified atom stereocenters. The number of nitrogens with zero attached hydrogens (tertiary/aromatic N) is 1. The molecule has 94 valence electrons. The standard InChI is InChI=1S/C12H24N2O2/c1-9-2-4-14(7-12(9)15)6-10-8-16-5-3-11(10)13/h9-12,15H,2-8,13H2,1H3. The van der Waals surface area contributed by atoms with E-state index >= 15 is 0 Å². The van der Waals surface area contributed by atoms with Crippen molar-refractivity contribution in [2.75, 3.05) is 32.8 Å². The monoisotopic (exact) mass is 228 g/mol. The number of rotatable bonds is 2. The molecule has 0 aromatic carbocycles. The minimum absolute atomic E-state index is 0.172. The van der Waals surface area contributed by atoms with Gasteiger partial charge >= 0.3 is 0 Å². The molecular weight excluding hydrogens is 204 g/mol. The normalized spacial score (nSPS) is 42.2. The first-order chi connectivity index (χ1) is 7.66. The topological polar surface area (TPSA) is 58.7 Å². The van der Waals surface area contributed by atoms with Crippen molar-refractivity contribution >= 4 is 0 Å². The second-order valence-electron chi connectivity index (χ2n) is 5.38. The van der Waals surface area contributed by atoms with Crippen LogP contribution in [0.25, 0.3) is 0 Å². The van der Waals surface area contributed by atoms with Crippen molar-refractivity contribution < 1.29 is 9.84 Å². The molecule has 2 heterocycles. The third kappa shape index (κ3) is 2.94. The van der Waals surface area contributed by atoms with Crippen molar-refractivity contribution in [3.8, 4) is 0 Å². The first kappa shape index (κ1) is 12.3. The molecule has 0 amide bonds. The molecule has 2 aliphatic rings. The maximum atomic E-state index is 9.84. The third-order valence-corrected chi connectivity index (χ3v) is 4.03. The summed E-state index contributed by atoms with van der Waals surface area (Å²) in [5.74, 6) is 0.877. The Morgan fingerprint density at radius 3 is 2.94 bits per heavy atom. The zero-order valence-electron chi connectivity index (χ0n) is 10.1. The Labute approximate surface area is 97.7 Å². The predicted molar refractivity (Wildman–Crippen MR) is 63.1 cm³/mol. The number of ether oxygens (including phenoxy) is 1. The average molecular weight is 228 g/mol. The molecule has 4 heteroatoms. The smallest absolute Gasteiger partial charge is 0.0693 e. The van der Waals surface area contributed by atoms with Gasteiger partial charge in [0, 0.05) is 31.7 Å². The van der Waals surface area contributed by atoms with Crippen LogP contribution in [0.15, 0.2) is 0 Å². The number of nitrogens with two attached hydrogens (primary N) is 1. The minimum Gasteiger partial charge on any atom is -0.392 e. The van der Waals surface area contributed by atoms with E-state index in [9.17, 15) is 5.11 Å². The van der Waals surface area contributed by atoms with Crippen LogP contribution in [0.5, 0.6) is 0 Å². The summed E-state index contributed by atoms with van der Waals surface area (Å²) in [5, 5.41) is 9.84. The molecule has 0 spiro atoms. The van der Waals surface area contributed by atoms with Crippen LogP contribution in [-0.4, -0.2) is 55.0 Å². The quantitative estimate of drug-likeness (QED) is 0.701. The maximum absolute atomic E-state index is 9.84. The molecule has 2 aliphatic heterocycles. The van der Waals surface area contributed by atoms with Crippen LogP contribution >= 0.6 is 0 Å². The van der Waals surface area contributed by atoms with E-state index < -0.39 is 0 Å². The fraction of sp³-hybridized carbons (Fsp3) is 1.00. The van der Waals surface area contributed by atoms with Gasteiger partial charge in [-0.1, -0.05) is 6.92 Å². The first-order valence-corrected chi connectivity index (χ1v) is 6.40. The second-order valence-corrected chi connectivity index (χ2v) is 5.38. The van der Waals surface area contributed by atoms with Crippen molar-refractivity contribution in [3.05, 3.63) is 0 Å². The predicted octanol–water partition coefficient (Wildman–Crippen LogP) is 0.0529. The lowest BCUT2D eigenvalue weighted by Crippen LogP contribution is -2.50. The van der Waals surface area contributed by atoms with E-state index in [1.165, 1.54) is 0 Å². The summed E-state index contributed by atoms with van der Waals surface area (Å²) in [6.45, 7) is 6.56. The Morgan fingerprint density at radius 1 is 1.44 bits per heavy atom. The second kappa shape index (κ2) is 5.45.